The molecule has 0 spiro atoms. The van der Waals surface area contributed by atoms with Crippen molar-refractivity contribution in [3.05, 3.63) is 64.7 Å². The maximum Gasteiger partial charge on any atom is 0.338 e. The lowest BCUT2D eigenvalue weighted by atomic mass is 9.63. The molecule has 0 amide bonds. The Labute approximate surface area is 162 Å². The minimum Gasteiger partial charge on any atom is -0.489 e. The maximum atomic E-state index is 11.7. The molecular weight excluding hydrogens is 336 g/mol. The Morgan fingerprint density at radius 3 is 2.19 bits per heavy atom. The zero-order chi connectivity index (χ0) is 19.7. The Kier molecular flexibility index (Phi) is 5.32. The van der Waals surface area contributed by atoms with E-state index in [0.717, 1.165) is 11.3 Å². The highest BCUT2D eigenvalue weighted by atomic mass is 16.5. The van der Waals surface area contributed by atoms with E-state index in [-0.39, 0.29) is 16.8 Å². The van der Waals surface area contributed by atoms with Gasteiger partial charge in [0.05, 0.1) is 12.2 Å². The van der Waals surface area contributed by atoms with Crippen molar-refractivity contribution in [3.63, 3.8) is 0 Å². The predicted molar refractivity (Wildman–Crippen MR) is 108 cm³/mol. The van der Waals surface area contributed by atoms with Gasteiger partial charge in [-0.1, -0.05) is 45.9 Å². The Morgan fingerprint density at radius 2 is 1.56 bits per heavy atom. The maximum absolute atomic E-state index is 11.7. The minimum absolute atomic E-state index is 0.172. The predicted octanol–water partition coefficient (Wildman–Crippen LogP) is 5.79. The fraction of sp³-hybridized carbons (Fsp3) is 0.458. The summed E-state index contributed by atoms with van der Waals surface area (Å²) in [4.78, 5) is 11.7. The highest BCUT2D eigenvalue weighted by molar-refractivity contribution is 5.89. The molecule has 0 unspecified atom stereocenters. The molecule has 0 heterocycles. The van der Waals surface area contributed by atoms with Gasteiger partial charge in [0.25, 0.3) is 0 Å². The van der Waals surface area contributed by atoms with E-state index in [9.17, 15) is 4.79 Å². The molecule has 0 bridgehead atoms. The van der Waals surface area contributed by atoms with Crippen molar-refractivity contribution < 1.29 is 14.3 Å². The van der Waals surface area contributed by atoms with Crippen LogP contribution in [0.25, 0.3) is 0 Å². The van der Waals surface area contributed by atoms with Gasteiger partial charge < -0.3 is 9.47 Å². The summed E-state index contributed by atoms with van der Waals surface area (Å²) in [6, 6.07) is 13.9. The van der Waals surface area contributed by atoms with Gasteiger partial charge in [0.15, 0.2) is 0 Å². The molecule has 0 radical (unpaired) electrons. The van der Waals surface area contributed by atoms with E-state index in [2.05, 4.69) is 45.9 Å². The number of esters is 1. The number of benzene rings is 2. The third-order valence-corrected chi connectivity index (χ3v) is 5.69. The van der Waals surface area contributed by atoms with Gasteiger partial charge in [0.1, 0.15) is 12.4 Å². The van der Waals surface area contributed by atoms with Crippen LogP contribution in [0.2, 0.25) is 0 Å². The lowest BCUT2D eigenvalue weighted by Crippen LogP contribution is -2.33. The third-order valence-electron chi connectivity index (χ3n) is 5.69. The van der Waals surface area contributed by atoms with Crippen molar-refractivity contribution in [1.82, 2.24) is 0 Å². The summed E-state index contributed by atoms with van der Waals surface area (Å²) in [5.41, 5.74) is 4.81. The molecule has 144 valence electrons. The lowest BCUT2D eigenvalue weighted by molar-refractivity contribution is 0.0526. The number of carbonyl (C=O) groups excluding carboxylic acids is 1. The average molecular weight is 367 g/mol. The standard InChI is InChI=1S/C24H30O3/c1-6-26-22(25)18-9-7-17(8-10-18)16-27-19-11-12-20-21(15-19)24(4,5)14-13-23(20,2)3/h7-12,15H,6,13-14,16H2,1-5H3. The van der Waals surface area contributed by atoms with Crippen LogP contribution in [0.15, 0.2) is 42.5 Å². The van der Waals surface area contributed by atoms with Crippen molar-refractivity contribution in [1.29, 1.82) is 0 Å². The van der Waals surface area contributed by atoms with Crippen molar-refractivity contribution in [2.75, 3.05) is 6.61 Å². The molecule has 27 heavy (non-hydrogen) atoms. The van der Waals surface area contributed by atoms with Gasteiger partial charge in [0, 0.05) is 0 Å². The topological polar surface area (TPSA) is 35.5 Å². The number of ether oxygens (including phenoxy) is 2. The molecule has 0 saturated heterocycles. The summed E-state index contributed by atoms with van der Waals surface area (Å²) in [5, 5.41) is 0. The van der Waals surface area contributed by atoms with Gasteiger partial charge in [0.2, 0.25) is 0 Å². The molecule has 0 aromatic heterocycles. The van der Waals surface area contributed by atoms with Crippen LogP contribution in [0.1, 0.15) is 74.5 Å². The molecule has 3 rings (SSSR count). The molecule has 0 fully saturated rings. The highest BCUT2D eigenvalue weighted by Crippen LogP contribution is 2.46. The zero-order valence-corrected chi connectivity index (χ0v) is 17.1. The van der Waals surface area contributed by atoms with E-state index in [0.29, 0.717) is 18.8 Å². The fourth-order valence-electron chi connectivity index (χ4n) is 3.78. The van der Waals surface area contributed by atoms with Crippen LogP contribution in [0, 0.1) is 0 Å². The molecule has 0 atom stereocenters. The number of fused-ring (bicyclic) bond motifs is 1. The summed E-state index contributed by atoms with van der Waals surface area (Å²) in [6.07, 6.45) is 2.39. The van der Waals surface area contributed by atoms with Crippen LogP contribution >= 0.6 is 0 Å². The van der Waals surface area contributed by atoms with E-state index in [1.807, 2.05) is 12.1 Å². The number of hydrogen-bond acceptors (Lipinski definition) is 3. The fourth-order valence-corrected chi connectivity index (χ4v) is 3.78. The van der Waals surface area contributed by atoms with Gasteiger partial charge in [-0.25, -0.2) is 4.79 Å². The van der Waals surface area contributed by atoms with E-state index in [1.165, 1.54) is 24.0 Å². The first-order valence-electron chi connectivity index (χ1n) is 9.77. The molecule has 1 aliphatic carbocycles. The Morgan fingerprint density at radius 1 is 0.926 bits per heavy atom. The highest BCUT2D eigenvalue weighted by Gasteiger charge is 2.37. The van der Waals surface area contributed by atoms with Crippen molar-refractivity contribution in [2.45, 2.75) is 64.9 Å². The van der Waals surface area contributed by atoms with Gasteiger partial charge in [-0.3, -0.25) is 0 Å². The second kappa shape index (κ2) is 7.38. The summed E-state index contributed by atoms with van der Waals surface area (Å²) in [7, 11) is 0. The summed E-state index contributed by atoms with van der Waals surface area (Å²) < 4.78 is 11.1. The van der Waals surface area contributed by atoms with Crippen molar-refractivity contribution in [2.24, 2.45) is 0 Å². The van der Waals surface area contributed by atoms with Gasteiger partial charge in [-0.05, 0) is 71.6 Å². The number of hydrogen-bond donors (Lipinski definition) is 0. The molecule has 3 heteroatoms. The second-order valence-corrected chi connectivity index (χ2v) is 8.68. The monoisotopic (exact) mass is 366 g/mol. The van der Waals surface area contributed by atoms with E-state index in [1.54, 1.807) is 19.1 Å². The normalized spacial score (nSPS) is 17.1. The molecular formula is C24H30O3. The largest absolute Gasteiger partial charge is 0.489 e. The first-order chi connectivity index (χ1) is 12.7. The first-order valence-corrected chi connectivity index (χ1v) is 9.77. The smallest absolute Gasteiger partial charge is 0.338 e. The quantitative estimate of drug-likeness (QED) is 0.628. The summed E-state index contributed by atoms with van der Waals surface area (Å²) >= 11 is 0. The number of carbonyl (C=O) groups is 1. The van der Waals surface area contributed by atoms with Gasteiger partial charge in [-0.2, -0.15) is 0 Å². The second-order valence-electron chi connectivity index (χ2n) is 8.68. The minimum atomic E-state index is -0.287. The van der Waals surface area contributed by atoms with Crippen molar-refractivity contribution >= 4 is 5.97 Å². The molecule has 0 aliphatic heterocycles. The summed E-state index contributed by atoms with van der Waals surface area (Å²) in [5.74, 6) is 0.610. The first kappa shape index (κ1) is 19.5. The van der Waals surface area contributed by atoms with Crippen LogP contribution in [0.3, 0.4) is 0 Å². The van der Waals surface area contributed by atoms with Crippen LogP contribution in [0.5, 0.6) is 5.75 Å². The number of rotatable bonds is 5. The van der Waals surface area contributed by atoms with E-state index in [4.69, 9.17) is 9.47 Å². The lowest BCUT2D eigenvalue weighted by Gasteiger charge is -2.41. The summed E-state index contributed by atoms with van der Waals surface area (Å²) in [6.45, 7) is 12.0. The molecule has 2 aromatic carbocycles. The van der Waals surface area contributed by atoms with Crippen LogP contribution in [-0.2, 0) is 22.2 Å². The van der Waals surface area contributed by atoms with Crippen LogP contribution in [0.4, 0.5) is 0 Å². The molecule has 3 nitrogen and oxygen atoms in total. The van der Waals surface area contributed by atoms with Gasteiger partial charge in [-0.15, -0.1) is 0 Å². The molecule has 2 aromatic rings. The SMILES string of the molecule is CCOC(=O)c1ccc(COc2ccc3c(c2)C(C)(C)CCC3(C)C)cc1. The zero-order valence-electron chi connectivity index (χ0n) is 17.1. The average Bonchev–Trinajstić information content (AvgIpc) is 2.64. The Balaban J connectivity index is 1.73. The van der Waals surface area contributed by atoms with Crippen LogP contribution in [-0.4, -0.2) is 12.6 Å². The van der Waals surface area contributed by atoms with Crippen LogP contribution < -0.4 is 4.74 Å². The Hall–Kier alpha value is -2.29. The molecule has 1 aliphatic rings. The van der Waals surface area contributed by atoms with E-state index < -0.39 is 0 Å². The van der Waals surface area contributed by atoms with Gasteiger partial charge >= 0.3 is 5.97 Å². The Bertz CT molecular complexity index is 816. The van der Waals surface area contributed by atoms with Crippen molar-refractivity contribution in [3.8, 4) is 5.75 Å². The third kappa shape index (κ3) is 4.18. The van der Waals surface area contributed by atoms with E-state index >= 15 is 0 Å². The molecule has 0 saturated carbocycles. The molecule has 0 N–H and O–H groups in total.